The van der Waals surface area contributed by atoms with E-state index >= 15 is 0 Å². The summed E-state index contributed by atoms with van der Waals surface area (Å²) >= 11 is 2.03. The van der Waals surface area contributed by atoms with Crippen molar-refractivity contribution < 1.29 is 73.7 Å². The van der Waals surface area contributed by atoms with Crippen LogP contribution in [0.5, 0.6) is 0 Å². The Balaban J connectivity index is 0.000000184. The highest BCUT2D eigenvalue weighted by Crippen LogP contribution is 2.31. The monoisotopic (exact) mass is 1790 g/mol. The first-order chi connectivity index (χ1) is 57.9. The molecule has 122 heavy (non-hydrogen) atoms. The summed E-state index contributed by atoms with van der Waals surface area (Å²) in [6.45, 7) is 27.8. The van der Waals surface area contributed by atoms with Crippen LogP contribution in [0.25, 0.3) is 101 Å². The first-order valence-corrected chi connectivity index (χ1v) is 37.6. The molecule has 0 spiro atoms. The average Bonchev–Trinajstić information content (AvgIpc) is 1.65. The van der Waals surface area contributed by atoms with Gasteiger partial charge in [0.2, 0.25) is 5.90 Å². The Morgan fingerprint density at radius 1 is 0.557 bits per heavy atom. The fraction of sp³-hybridized carbons (Fsp3) is 0.200. The number of aromatic amines is 4. The smallest absolute Gasteiger partial charge is 0.426 e. The van der Waals surface area contributed by atoms with Gasteiger partial charge in [-0.25, -0.2) is 71.1 Å². The number of nitrogens with one attached hydrogen (secondary N) is 8. The van der Waals surface area contributed by atoms with Crippen LogP contribution in [-0.2, 0) is 42.2 Å². The molecule has 0 aliphatic rings. The van der Waals surface area contributed by atoms with Crippen LogP contribution in [-0.4, -0.2) is 146 Å². The summed E-state index contributed by atoms with van der Waals surface area (Å²) in [5.74, 6) is 1.90. The fourth-order valence-corrected chi connectivity index (χ4v) is 11.4. The molecule has 37 heteroatoms. The minimum Gasteiger partial charge on any atom is -0.478 e. The molecule has 5 heterocycles. The molecule has 0 fully saturated rings. The molecule has 0 aliphatic heterocycles. The number of nitrogens with zero attached hydrogens (tertiary/aromatic N) is 11. The van der Waals surface area contributed by atoms with Gasteiger partial charge in [0, 0.05) is 53.8 Å². The number of hydrogen-bond donors (Lipinski definition) is 9. The Morgan fingerprint density at radius 3 is 1.46 bits per heavy atom. The number of carbonyl (C=O) groups is 5. The Hall–Kier alpha value is -14.6. The van der Waals surface area contributed by atoms with Crippen molar-refractivity contribution in [3.63, 3.8) is 0 Å². The molecule has 0 saturated carbocycles. The van der Waals surface area contributed by atoms with Gasteiger partial charge in [0.15, 0.2) is 28.8 Å². The molecule has 5 amide bonds. The molecule has 0 saturated heterocycles. The van der Waals surface area contributed by atoms with Crippen LogP contribution in [0, 0.1) is 69.9 Å². The van der Waals surface area contributed by atoms with Crippen LogP contribution in [0.2, 0.25) is 0 Å². The maximum atomic E-state index is 14.3. The largest absolute Gasteiger partial charge is 0.478 e. The van der Waals surface area contributed by atoms with Gasteiger partial charge in [-0.2, -0.15) is 25.5 Å². The summed E-state index contributed by atoms with van der Waals surface area (Å²) in [7, 11) is 4.57. The number of hydrogen-bond acceptors (Lipinski definition) is 17. The molecular formula is C85H82F7IN20O9. The second-order valence-electron chi connectivity index (χ2n) is 28.1. The molecule has 0 bridgehead atoms. The number of hydrazine groups is 2. The van der Waals surface area contributed by atoms with Gasteiger partial charge in [0.25, 0.3) is 11.8 Å². The molecule has 0 aliphatic carbocycles. The molecule has 13 aromatic rings. The molecule has 0 unspecified atom stereocenters. The summed E-state index contributed by atoms with van der Waals surface area (Å²) < 4.78 is 118. The van der Waals surface area contributed by atoms with Crippen molar-refractivity contribution in [2.24, 2.45) is 12.9 Å². The van der Waals surface area contributed by atoms with E-state index in [4.69, 9.17) is 43.3 Å². The van der Waals surface area contributed by atoms with E-state index in [1.165, 1.54) is 73.4 Å². The van der Waals surface area contributed by atoms with Gasteiger partial charge in [-0.05, 0) is 203 Å². The Bertz CT molecular complexity index is 6100. The lowest BCUT2D eigenvalue weighted by molar-refractivity contribution is -0.123. The third-order valence-electron chi connectivity index (χ3n) is 16.1. The lowest BCUT2D eigenvalue weighted by Gasteiger charge is -2.24. The summed E-state index contributed by atoms with van der Waals surface area (Å²) in [4.78, 5) is 69.8. The number of nitrogens with two attached hydrogens (primary N) is 1. The van der Waals surface area contributed by atoms with Gasteiger partial charge < -0.3 is 28.7 Å². The molecule has 0 radical (unpaired) electrons. The van der Waals surface area contributed by atoms with Crippen molar-refractivity contribution in [1.29, 1.82) is 5.41 Å². The van der Waals surface area contributed by atoms with Crippen LogP contribution in [0.4, 0.5) is 56.5 Å². The second-order valence-corrected chi connectivity index (χ2v) is 29.1. The van der Waals surface area contributed by atoms with Crippen molar-refractivity contribution in [3.8, 4) is 11.4 Å². The normalized spacial score (nSPS) is 11.0. The number of aromatic nitrogens is 11. The number of fused-ring (bicyclic) bond motifs is 4. The molecule has 29 nitrogen and oxygen atoms in total. The van der Waals surface area contributed by atoms with Crippen LogP contribution < -0.4 is 22.1 Å². The highest BCUT2D eigenvalue weighted by molar-refractivity contribution is 14.1. The first kappa shape index (κ1) is 92.9. The van der Waals surface area contributed by atoms with Gasteiger partial charge in [-0.1, -0.05) is 85.0 Å². The van der Waals surface area contributed by atoms with Crippen LogP contribution in [0.1, 0.15) is 99.2 Å². The van der Waals surface area contributed by atoms with Gasteiger partial charge in [-0.3, -0.25) is 50.9 Å². The number of ether oxygens (including phenoxy) is 4. The highest BCUT2D eigenvalue weighted by atomic mass is 127. The zero-order valence-electron chi connectivity index (χ0n) is 67.4. The molecule has 632 valence electrons. The van der Waals surface area contributed by atoms with E-state index in [-0.39, 0.29) is 65.3 Å². The second kappa shape index (κ2) is 43.2. The Kier molecular flexibility index (Phi) is 32.9. The zero-order chi connectivity index (χ0) is 89.1. The van der Waals surface area contributed by atoms with Crippen molar-refractivity contribution in [2.75, 3.05) is 33.8 Å². The standard InChI is InChI=1S/C18H13F2N5.C18H15F2N3O.C16H9F2N3.C16H23N3O5.C9H5FIN3.C8H17N3O3/c1-10-21-18(25-22-10)12-8-14-16(23-24-17(14)15(20)9-12)6-5-11-3-2-4-13(19)7-11;1-2-24-18(21)12-9-14-16(22-23-17(14)15(20)10-12)7-6-11-4-3-5-13(19)8-11;1-19-12-8-13-15(20-21-16(13)14(18)9-12)6-5-10-3-2-4-11(17)7-10;1-16(2,3)24-15(22)19(4)10-13(20)17-18-14(21)23-11-12-8-6-5-7-9-12;1-12-5-3-6-8(7(10)4-5)14(2)13-9(6)11;1-8(2,3)14-7(13)11(4)5-6(12)10-9/h2-9H,1H3,(H,23,24)(H,21,22,25);3-10,21H,2H2,1H3,(H,22,23);2-9H,(H,20,21);5-9H,10-11H2,1-4H3,(H,17,20)(H,18,21);3-4H,2H3;5,9H2,1-4H3,(H,10,12)/b6-5+;7-6+,21-18?;6-5+;;;. The van der Waals surface area contributed by atoms with E-state index in [9.17, 15) is 54.7 Å². The number of rotatable bonds is 15. The van der Waals surface area contributed by atoms with Crippen molar-refractivity contribution in [1.82, 2.24) is 81.6 Å². The molecule has 8 aromatic carbocycles. The quantitative estimate of drug-likeness (QED) is 0.00530. The predicted molar refractivity (Wildman–Crippen MR) is 457 cm³/mol. The first-order valence-electron chi connectivity index (χ1n) is 36.6. The maximum Gasteiger partial charge on any atom is 0.426 e. The topological polar surface area (TPSA) is 369 Å². The fourth-order valence-electron chi connectivity index (χ4n) is 10.6. The molecular weight excluding hydrogens is 1700 g/mol. The minimum absolute atomic E-state index is 0.0837. The average molecular weight is 1790 g/mol. The van der Waals surface area contributed by atoms with E-state index in [0.29, 0.717) is 99.6 Å². The maximum absolute atomic E-state index is 14.3. The lowest BCUT2D eigenvalue weighted by Crippen LogP contribution is -2.47. The van der Waals surface area contributed by atoms with E-state index < -0.39 is 64.6 Å². The summed E-state index contributed by atoms with van der Waals surface area (Å²) in [6.07, 6.45) is 8.24. The SMILES string of the molecule is CCOC(=N)c1cc(F)c2n[nH]c(/C=C/c3cccc(F)c3)c2c1.CN(CC(=O)NN)C(=O)OC(C)(C)C.CN(CC(=O)NNC(=O)OCc1ccccc1)C(=O)OC(C)(C)C.Cc1nc(-c2cc(F)c3n[nH]c(/C=C/c4cccc(F)c4)c3c2)n[nH]1.[C-]#[N+]c1cc(F)c2c(c1)c(I)nn2C.[C-]#[N+]c1cc(F)c2n[nH]c(/C=C/c3cccc(F)c3)c2c1. The van der Waals surface area contributed by atoms with Gasteiger partial charge in [0.05, 0.1) is 36.8 Å². The third-order valence-corrected chi connectivity index (χ3v) is 16.9. The van der Waals surface area contributed by atoms with E-state index in [2.05, 4.69) is 71.4 Å². The summed E-state index contributed by atoms with van der Waals surface area (Å²) in [5, 5.41) is 41.2. The van der Waals surface area contributed by atoms with Crippen LogP contribution in [0.15, 0.2) is 152 Å². The van der Waals surface area contributed by atoms with E-state index in [1.807, 2.05) is 58.3 Å². The molecule has 10 N–H and O–H groups in total. The number of amides is 5. The number of benzene rings is 8. The van der Waals surface area contributed by atoms with E-state index in [0.717, 1.165) is 21.4 Å². The Labute approximate surface area is 707 Å². The number of halogens is 8. The van der Waals surface area contributed by atoms with E-state index in [1.54, 1.807) is 160 Å². The summed E-state index contributed by atoms with van der Waals surface area (Å²) in [6, 6.07) is 39.2. The van der Waals surface area contributed by atoms with Gasteiger partial charge >= 0.3 is 18.3 Å². The predicted octanol–water partition coefficient (Wildman–Crippen LogP) is 17.6. The lowest BCUT2D eigenvalue weighted by atomic mass is 10.1. The number of H-pyrrole nitrogens is 4. The highest BCUT2D eigenvalue weighted by Gasteiger charge is 2.24. The number of carbonyl (C=O) groups excluding carboxylic acids is 5. The zero-order valence-corrected chi connectivity index (χ0v) is 69.6. The molecule has 5 aromatic heterocycles. The molecule has 13 rings (SSSR count). The van der Waals surface area contributed by atoms with Gasteiger partial charge in [-0.15, -0.1) is 0 Å². The number of aryl methyl sites for hydroxylation is 2. The Morgan fingerprint density at radius 2 is 1.01 bits per heavy atom. The van der Waals surface area contributed by atoms with Crippen LogP contribution in [0.3, 0.4) is 0 Å². The molecule has 0 atom stereocenters. The van der Waals surface area contributed by atoms with Crippen molar-refractivity contribution in [3.05, 3.63) is 270 Å². The van der Waals surface area contributed by atoms with Gasteiger partial charge in [0.1, 0.15) is 91.6 Å². The number of likely N-dealkylation sites (N-methyl/N-ethyl adjacent to an activating group) is 2. The van der Waals surface area contributed by atoms with Crippen molar-refractivity contribution in [2.45, 2.75) is 73.2 Å². The third kappa shape index (κ3) is 27.8. The van der Waals surface area contributed by atoms with Crippen LogP contribution >= 0.6 is 22.6 Å². The minimum atomic E-state index is -0.799. The van der Waals surface area contributed by atoms with Crippen molar-refractivity contribution >= 4 is 150 Å². The summed E-state index contributed by atoms with van der Waals surface area (Å²) in [5.41, 5.74) is 12.0.